The van der Waals surface area contributed by atoms with E-state index in [1.165, 1.54) is 4.90 Å². The predicted octanol–water partition coefficient (Wildman–Crippen LogP) is 5.10. The zero-order valence-electron chi connectivity index (χ0n) is 19.4. The van der Waals surface area contributed by atoms with Crippen molar-refractivity contribution in [1.29, 1.82) is 0 Å². The second-order valence-corrected chi connectivity index (χ2v) is 8.78. The van der Waals surface area contributed by atoms with Crippen LogP contribution < -0.4 is 10.1 Å². The van der Waals surface area contributed by atoms with Crippen LogP contribution in [0.3, 0.4) is 0 Å². The predicted molar refractivity (Wildman–Crippen MR) is 124 cm³/mol. The van der Waals surface area contributed by atoms with E-state index in [1.54, 1.807) is 12.3 Å². The van der Waals surface area contributed by atoms with Gasteiger partial charge < -0.3 is 15.0 Å². The van der Waals surface area contributed by atoms with Crippen LogP contribution in [0.2, 0.25) is 0 Å². The number of benzene rings is 1. The summed E-state index contributed by atoms with van der Waals surface area (Å²) < 4.78 is 59.0. The van der Waals surface area contributed by atoms with Crippen LogP contribution in [0, 0.1) is 6.92 Å². The Morgan fingerprint density at radius 1 is 1.21 bits per heavy atom. The maximum absolute atomic E-state index is 13.6. The fourth-order valence-corrected chi connectivity index (χ4v) is 4.80. The van der Waals surface area contributed by atoms with Gasteiger partial charge in [-0.3, -0.25) is 9.29 Å². The SMILES string of the molecule is Cc1c([C@@H]2c3[nH]c4ccccc4c3C[C@@H](C)N2CC(F)(F)F)ccnc1OCCNCCCF. The summed E-state index contributed by atoms with van der Waals surface area (Å²) in [5.74, 6) is 0.396. The van der Waals surface area contributed by atoms with Gasteiger partial charge in [-0.2, -0.15) is 13.2 Å². The van der Waals surface area contributed by atoms with Gasteiger partial charge in [0.2, 0.25) is 5.88 Å². The fourth-order valence-electron chi connectivity index (χ4n) is 4.80. The topological polar surface area (TPSA) is 53.2 Å². The highest BCUT2D eigenvalue weighted by Gasteiger charge is 2.42. The molecule has 0 saturated heterocycles. The summed E-state index contributed by atoms with van der Waals surface area (Å²) in [4.78, 5) is 9.25. The Morgan fingerprint density at radius 3 is 2.76 bits per heavy atom. The molecule has 34 heavy (non-hydrogen) atoms. The van der Waals surface area contributed by atoms with Gasteiger partial charge in [-0.1, -0.05) is 18.2 Å². The molecule has 0 fully saturated rings. The lowest BCUT2D eigenvalue weighted by molar-refractivity contribution is -0.155. The van der Waals surface area contributed by atoms with Crippen LogP contribution in [0.1, 0.15) is 41.8 Å². The lowest BCUT2D eigenvalue weighted by Gasteiger charge is -2.41. The first-order valence-electron chi connectivity index (χ1n) is 11.6. The molecule has 5 nitrogen and oxygen atoms in total. The van der Waals surface area contributed by atoms with Crippen molar-refractivity contribution in [2.24, 2.45) is 0 Å². The van der Waals surface area contributed by atoms with Crippen molar-refractivity contribution >= 4 is 10.9 Å². The van der Waals surface area contributed by atoms with Gasteiger partial charge in [0.25, 0.3) is 0 Å². The Balaban J connectivity index is 1.70. The van der Waals surface area contributed by atoms with Crippen LogP contribution in [-0.4, -0.2) is 60.0 Å². The molecule has 1 aromatic carbocycles. The molecule has 1 aliphatic heterocycles. The molecule has 0 radical (unpaired) electrons. The molecule has 0 bridgehead atoms. The number of hydrogen-bond donors (Lipinski definition) is 2. The highest BCUT2D eigenvalue weighted by Crippen LogP contribution is 2.43. The number of aromatic nitrogens is 2. The van der Waals surface area contributed by atoms with Crippen molar-refractivity contribution in [3.05, 3.63) is 58.9 Å². The van der Waals surface area contributed by atoms with Crippen molar-refractivity contribution < 1.29 is 22.3 Å². The fraction of sp³-hybridized carbons (Fsp3) is 0.480. The Morgan fingerprint density at radius 2 is 2.00 bits per heavy atom. The first kappa shape index (κ1) is 24.5. The Kier molecular flexibility index (Phi) is 7.42. The van der Waals surface area contributed by atoms with Crippen molar-refractivity contribution in [3.8, 4) is 5.88 Å². The molecular formula is C25H30F4N4O. The number of nitrogens with zero attached hydrogens (tertiary/aromatic N) is 2. The maximum Gasteiger partial charge on any atom is 0.401 e. The summed E-state index contributed by atoms with van der Waals surface area (Å²) >= 11 is 0. The van der Waals surface area contributed by atoms with E-state index < -0.39 is 18.8 Å². The summed E-state index contributed by atoms with van der Waals surface area (Å²) in [5, 5.41) is 4.13. The molecule has 0 unspecified atom stereocenters. The zero-order valence-corrected chi connectivity index (χ0v) is 19.4. The number of aromatic amines is 1. The summed E-state index contributed by atoms with van der Waals surface area (Å²) in [6.07, 6.45) is -1.78. The minimum absolute atomic E-state index is 0.310. The van der Waals surface area contributed by atoms with Crippen LogP contribution in [0.4, 0.5) is 17.6 Å². The number of hydrogen-bond acceptors (Lipinski definition) is 4. The minimum atomic E-state index is -4.33. The van der Waals surface area contributed by atoms with Gasteiger partial charge in [0, 0.05) is 40.9 Å². The molecule has 4 rings (SSSR count). The smallest absolute Gasteiger partial charge is 0.401 e. The lowest BCUT2D eigenvalue weighted by Crippen LogP contribution is -2.47. The maximum atomic E-state index is 13.6. The molecule has 9 heteroatoms. The number of para-hydroxylation sites is 1. The van der Waals surface area contributed by atoms with E-state index in [0.29, 0.717) is 44.0 Å². The normalized spacial score (nSPS) is 18.9. The zero-order chi connectivity index (χ0) is 24.3. The highest BCUT2D eigenvalue weighted by molar-refractivity contribution is 5.85. The Labute approximate surface area is 196 Å². The van der Waals surface area contributed by atoms with E-state index >= 15 is 0 Å². The standard InChI is InChI=1S/C25H30F4N4O/c1-16-14-20-19-6-3-4-7-21(19)32-22(20)23(33(16)15-25(27,28)29)18-8-11-31-24(17(18)2)34-13-12-30-10-5-9-26/h3-4,6-8,11,16,23,30,32H,5,9-10,12-15H2,1-2H3/t16-,23-/m1/s1. The third-order valence-electron chi connectivity index (χ3n) is 6.38. The highest BCUT2D eigenvalue weighted by atomic mass is 19.4. The number of alkyl halides is 4. The van der Waals surface area contributed by atoms with Crippen LogP contribution in [0.25, 0.3) is 10.9 Å². The van der Waals surface area contributed by atoms with Gasteiger partial charge in [0.1, 0.15) is 6.61 Å². The third-order valence-corrected chi connectivity index (χ3v) is 6.38. The van der Waals surface area contributed by atoms with Gasteiger partial charge in [0.05, 0.1) is 19.3 Å². The van der Waals surface area contributed by atoms with Crippen molar-refractivity contribution in [1.82, 2.24) is 20.2 Å². The molecule has 3 heterocycles. The number of nitrogens with one attached hydrogen (secondary N) is 2. The Hall–Kier alpha value is -2.65. The van der Waals surface area contributed by atoms with E-state index in [0.717, 1.165) is 27.7 Å². The summed E-state index contributed by atoms with van der Waals surface area (Å²) in [7, 11) is 0. The lowest BCUT2D eigenvalue weighted by atomic mass is 9.87. The van der Waals surface area contributed by atoms with Crippen LogP contribution in [-0.2, 0) is 6.42 Å². The average Bonchev–Trinajstić information content (AvgIpc) is 3.15. The van der Waals surface area contributed by atoms with Gasteiger partial charge in [-0.25, -0.2) is 4.98 Å². The number of ether oxygens (including phenoxy) is 1. The number of halogens is 4. The molecule has 0 saturated carbocycles. The van der Waals surface area contributed by atoms with E-state index in [1.807, 2.05) is 38.1 Å². The van der Waals surface area contributed by atoms with Crippen LogP contribution >= 0.6 is 0 Å². The number of pyridine rings is 1. The van der Waals surface area contributed by atoms with Gasteiger partial charge in [-0.05, 0) is 56.5 Å². The molecule has 3 aromatic rings. The minimum Gasteiger partial charge on any atom is -0.476 e. The van der Waals surface area contributed by atoms with Crippen molar-refractivity contribution in [2.75, 3.05) is 32.9 Å². The van der Waals surface area contributed by atoms with E-state index in [9.17, 15) is 17.6 Å². The molecule has 184 valence electrons. The quantitative estimate of drug-likeness (QED) is 0.332. The first-order valence-corrected chi connectivity index (χ1v) is 11.6. The van der Waals surface area contributed by atoms with Gasteiger partial charge in [-0.15, -0.1) is 0 Å². The van der Waals surface area contributed by atoms with Crippen molar-refractivity contribution in [3.63, 3.8) is 0 Å². The van der Waals surface area contributed by atoms with E-state index in [4.69, 9.17) is 4.74 Å². The van der Waals surface area contributed by atoms with Gasteiger partial charge >= 0.3 is 6.18 Å². The second-order valence-electron chi connectivity index (χ2n) is 8.78. The Bertz CT molecular complexity index is 1110. The number of H-pyrrole nitrogens is 1. The van der Waals surface area contributed by atoms with Crippen molar-refractivity contribution in [2.45, 2.75) is 44.9 Å². The first-order chi connectivity index (χ1) is 16.3. The van der Waals surface area contributed by atoms with Crippen LogP contribution in [0.15, 0.2) is 36.5 Å². The number of fused-ring (bicyclic) bond motifs is 3. The molecule has 2 aromatic heterocycles. The van der Waals surface area contributed by atoms with Gasteiger partial charge in [0.15, 0.2) is 0 Å². The summed E-state index contributed by atoms with van der Waals surface area (Å²) in [6.45, 7) is 3.71. The molecular weight excluding hydrogens is 448 g/mol. The third kappa shape index (κ3) is 5.20. The molecule has 0 aliphatic carbocycles. The molecule has 2 atom stereocenters. The van der Waals surface area contributed by atoms with Crippen LogP contribution in [0.5, 0.6) is 5.88 Å². The molecule has 0 amide bonds. The van der Waals surface area contributed by atoms with E-state index in [-0.39, 0.29) is 12.7 Å². The average molecular weight is 479 g/mol. The number of rotatable bonds is 9. The van der Waals surface area contributed by atoms with E-state index in [2.05, 4.69) is 15.3 Å². The molecule has 1 aliphatic rings. The molecule has 2 N–H and O–H groups in total. The largest absolute Gasteiger partial charge is 0.476 e. The second kappa shape index (κ2) is 10.3. The molecule has 0 spiro atoms. The summed E-state index contributed by atoms with van der Waals surface area (Å²) in [5.41, 5.74) is 4.21. The monoisotopic (exact) mass is 478 g/mol. The summed E-state index contributed by atoms with van der Waals surface area (Å²) in [6, 6.07) is 8.69.